The fourth-order valence-corrected chi connectivity index (χ4v) is 3.63. The third-order valence-corrected chi connectivity index (χ3v) is 5.17. The summed E-state index contributed by atoms with van der Waals surface area (Å²) < 4.78 is 7.47. The molecule has 0 spiro atoms. The average Bonchev–Trinajstić information content (AvgIpc) is 3.13. The first kappa shape index (κ1) is 21.3. The number of pyridine rings is 1. The van der Waals surface area contributed by atoms with Crippen LogP contribution in [-0.4, -0.2) is 44.6 Å². The molecule has 1 amide bonds. The molecule has 0 unspecified atom stereocenters. The molecule has 2 heterocycles. The number of benzene rings is 1. The highest BCUT2D eigenvalue weighted by Crippen LogP contribution is 2.24. The quantitative estimate of drug-likeness (QED) is 0.383. The first-order chi connectivity index (χ1) is 14.2. The standard InChI is InChI=1S/C20H22ClN5O2S/c1-2-28-12-4-11-26-19(15-7-9-22-10-8-15)24-25-20(26)29-14-18(27)23-17-6-3-5-16(21)13-17/h3,5-10,13H,2,4,11-12,14H2,1H3,(H,23,27). The summed E-state index contributed by atoms with van der Waals surface area (Å²) in [5.41, 5.74) is 1.60. The van der Waals surface area contributed by atoms with Crippen LogP contribution in [0.3, 0.4) is 0 Å². The molecule has 2 aromatic heterocycles. The molecular formula is C20H22ClN5O2S. The van der Waals surface area contributed by atoms with E-state index in [1.807, 2.05) is 23.6 Å². The van der Waals surface area contributed by atoms with Crippen molar-refractivity contribution in [3.63, 3.8) is 0 Å². The van der Waals surface area contributed by atoms with Crippen LogP contribution in [0.15, 0.2) is 53.9 Å². The topological polar surface area (TPSA) is 81.9 Å². The van der Waals surface area contributed by atoms with E-state index in [9.17, 15) is 4.79 Å². The molecule has 29 heavy (non-hydrogen) atoms. The minimum atomic E-state index is -0.133. The monoisotopic (exact) mass is 431 g/mol. The molecule has 0 aliphatic heterocycles. The summed E-state index contributed by atoms with van der Waals surface area (Å²) in [4.78, 5) is 16.4. The molecular weight excluding hydrogens is 410 g/mol. The van der Waals surface area contributed by atoms with Crippen molar-refractivity contribution in [3.8, 4) is 11.4 Å². The Hall–Kier alpha value is -2.42. The predicted molar refractivity (Wildman–Crippen MR) is 115 cm³/mol. The number of aromatic nitrogens is 4. The van der Waals surface area contributed by atoms with E-state index in [2.05, 4.69) is 20.5 Å². The van der Waals surface area contributed by atoms with Crippen molar-refractivity contribution in [1.29, 1.82) is 0 Å². The van der Waals surface area contributed by atoms with Crippen LogP contribution in [0.1, 0.15) is 13.3 Å². The number of amides is 1. The van der Waals surface area contributed by atoms with E-state index in [1.165, 1.54) is 11.8 Å². The molecule has 152 valence electrons. The van der Waals surface area contributed by atoms with Crippen LogP contribution in [-0.2, 0) is 16.1 Å². The van der Waals surface area contributed by atoms with Crippen LogP contribution in [0.4, 0.5) is 5.69 Å². The van der Waals surface area contributed by atoms with Crippen molar-refractivity contribution in [2.24, 2.45) is 0 Å². The lowest BCUT2D eigenvalue weighted by Crippen LogP contribution is -2.15. The van der Waals surface area contributed by atoms with Gasteiger partial charge in [-0.2, -0.15) is 0 Å². The fraction of sp³-hybridized carbons (Fsp3) is 0.300. The highest BCUT2D eigenvalue weighted by atomic mass is 35.5. The largest absolute Gasteiger partial charge is 0.382 e. The molecule has 0 aliphatic rings. The molecule has 0 bridgehead atoms. The van der Waals surface area contributed by atoms with Crippen LogP contribution in [0.5, 0.6) is 0 Å². The zero-order valence-electron chi connectivity index (χ0n) is 16.0. The van der Waals surface area contributed by atoms with Gasteiger partial charge in [0.15, 0.2) is 11.0 Å². The number of halogens is 1. The van der Waals surface area contributed by atoms with Crippen molar-refractivity contribution in [2.45, 2.75) is 25.0 Å². The number of thioether (sulfide) groups is 1. The summed E-state index contributed by atoms with van der Waals surface area (Å²) in [6.07, 6.45) is 4.27. The Morgan fingerprint density at radius 3 is 2.83 bits per heavy atom. The number of carbonyl (C=O) groups excluding carboxylic acids is 1. The second-order valence-corrected chi connectivity index (χ2v) is 7.47. The van der Waals surface area contributed by atoms with E-state index >= 15 is 0 Å². The van der Waals surface area contributed by atoms with E-state index in [0.717, 1.165) is 17.8 Å². The van der Waals surface area contributed by atoms with Gasteiger partial charge in [0.1, 0.15) is 0 Å². The van der Waals surface area contributed by atoms with Gasteiger partial charge in [-0.15, -0.1) is 10.2 Å². The highest BCUT2D eigenvalue weighted by molar-refractivity contribution is 7.99. The van der Waals surface area contributed by atoms with Gasteiger partial charge in [-0.25, -0.2) is 0 Å². The van der Waals surface area contributed by atoms with E-state index in [1.54, 1.807) is 36.7 Å². The fourth-order valence-electron chi connectivity index (χ4n) is 2.67. The third-order valence-electron chi connectivity index (χ3n) is 3.97. The Kier molecular flexibility index (Phi) is 8.03. The molecule has 1 aromatic carbocycles. The van der Waals surface area contributed by atoms with Crippen molar-refractivity contribution in [1.82, 2.24) is 19.7 Å². The zero-order valence-corrected chi connectivity index (χ0v) is 17.6. The Bertz CT molecular complexity index is 936. The van der Waals surface area contributed by atoms with Crippen LogP contribution in [0.25, 0.3) is 11.4 Å². The predicted octanol–water partition coefficient (Wildman–Crippen LogP) is 4.15. The summed E-state index contributed by atoms with van der Waals surface area (Å²) >= 11 is 7.31. The molecule has 3 rings (SSSR count). The maximum atomic E-state index is 12.3. The number of nitrogens with one attached hydrogen (secondary N) is 1. The third kappa shape index (κ3) is 6.28. The van der Waals surface area contributed by atoms with Gasteiger partial charge in [-0.05, 0) is 43.7 Å². The van der Waals surface area contributed by atoms with Gasteiger partial charge in [-0.3, -0.25) is 9.78 Å². The lowest BCUT2D eigenvalue weighted by molar-refractivity contribution is -0.113. The molecule has 3 aromatic rings. The second-order valence-electron chi connectivity index (χ2n) is 6.09. The van der Waals surface area contributed by atoms with Gasteiger partial charge in [0.25, 0.3) is 0 Å². The van der Waals surface area contributed by atoms with Crippen LogP contribution in [0.2, 0.25) is 5.02 Å². The van der Waals surface area contributed by atoms with Gasteiger partial charge in [0, 0.05) is 48.4 Å². The minimum absolute atomic E-state index is 0.133. The molecule has 9 heteroatoms. The molecule has 0 saturated heterocycles. The van der Waals surface area contributed by atoms with Crippen molar-refractivity contribution < 1.29 is 9.53 Å². The summed E-state index contributed by atoms with van der Waals surface area (Å²) in [6, 6.07) is 10.8. The van der Waals surface area contributed by atoms with Gasteiger partial charge in [-0.1, -0.05) is 29.4 Å². The molecule has 0 saturated carbocycles. The van der Waals surface area contributed by atoms with Gasteiger partial charge in [0.05, 0.1) is 5.75 Å². The number of nitrogens with zero attached hydrogens (tertiary/aromatic N) is 4. The van der Waals surface area contributed by atoms with Crippen LogP contribution in [0, 0.1) is 0 Å². The zero-order chi connectivity index (χ0) is 20.5. The number of rotatable bonds is 10. The first-order valence-electron chi connectivity index (χ1n) is 9.27. The molecule has 0 aliphatic carbocycles. The minimum Gasteiger partial charge on any atom is -0.382 e. The maximum Gasteiger partial charge on any atom is 0.234 e. The van der Waals surface area contributed by atoms with E-state index in [-0.39, 0.29) is 11.7 Å². The summed E-state index contributed by atoms with van der Waals surface area (Å²) in [5.74, 6) is 0.833. The summed E-state index contributed by atoms with van der Waals surface area (Å²) in [5, 5.41) is 12.7. The molecule has 0 atom stereocenters. The Morgan fingerprint density at radius 1 is 1.24 bits per heavy atom. The van der Waals surface area contributed by atoms with Gasteiger partial charge >= 0.3 is 0 Å². The molecule has 7 nitrogen and oxygen atoms in total. The first-order valence-corrected chi connectivity index (χ1v) is 10.6. The smallest absolute Gasteiger partial charge is 0.234 e. The van der Waals surface area contributed by atoms with Crippen molar-refractivity contribution in [2.75, 3.05) is 24.3 Å². The molecule has 0 fully saturated rings. The van der Waals surface area contributed by atoms with E-state index in [4.69, 9.17) is 16.3 Å². The van der Waals surface area contributed by atoms with Gasteiger partial charge < -0.3 is 14.6 Å². The summed E-state index contributed by atoms with van der Waals surface area (Å²) in [7, 11) is 0. The Morgan fingerprint density at radius 2 is 2.07 bits per heavy atom. The number of hydrogen-bond acceptors (Lipinski definition) is 6. The molecule has 0 radical (unpaired) electrons. The number of ether oxygens (including phenoxy) is 1. The maximum absolute atomic E-state index is 12.3. The normalized spacial score (nSPS) is 10.8. The number of hydrogen-bond donors (Lipinski definition) is 1. The summed E-state index contributed by atoms with van der Waals surface area (Å²) in [6.45, 7) is 4.01. The van der Waals surface area contributed by atoms with E-state index in [0.29, 0.717) is 35.6 Å². The lowest BCUT2D eigenvalue weighted by Gasteiger charge is -2.10. The average molecular weight is 432 g/mol. The second kappa shape index (κ2) is 10.9. The molecule has 1 N–H and O–H groups in total. The number of carbonyl (C=O) groups is 1. The Balaban J connectivity index is 1.68. The van der Waals surface area contributed by atoms with Crippen LogP contribution >= 0.6 is 23.4 Å². The van der Waals surface area contributed by atoms with E-state index < -0.39 is 0 Å². The lowest BCUT2D eigenvalue weighted by atomic mass is 10.2. The van der Waals surface area contributed by atoms with Crippen molar-refractivity contribution in [3.05, 3.63) is 53.8 Å². The van der Waals surface area contributed by atoms with Crippen LogP contribution < -0.4 is 5.32 Å². The van der Waals surface area contributed by atoms with Crippen molar-refractivity contribution >= 4 is 35.0 Å². The highest BCUT2D eigenvalue weighted by Gasteiger charge is 2.15. The van der Waals surface area contributed by atoms with Gasteiger partial charge in [0.2, 0.25) is 5.91 Å². The number of anilines is 1. The SMILES string of the molecule is CCOCCCn1c(SCC(=O)Nc2cccc(Cl)c2)nnc1-c1ccncc1. The Labute approximate surface area is 178 Å².